The highest BCUT2D eigenvalue weighted by molar-refractivity contribution is 6.39. The van der Waals surface area contributed by atoms with Crippen LogP contribution in [0, 0.1) is 27.7 Å². The zero-order chi connectivity index (χ0) is 26.0. The van der Waals surface area contributed by atoms with Gasteiger partial charge in [0, 0.05) is 11.6 Å². The van der Waals surface area contributed by atoms with Gasteiger partial charge in [0.2, 0.25) is 0 Å². The quantitative estimate of drug-likeness (QED) is 0.385. The fraction of sp³-hybridized carbons (Fsp3) is 0.207. The van der Waals surface area contributed by atoms with Crippen LogP contribution >= 0.6 is 0 Å². The van der Waals surface area contributed by atoms with E-state index >= 15 is 0 Å². The summed E-state index contributed by atoms with van der Waals surface area (Å²) >= 11 is 0. The summed E-state index contributed by atoms with van der Waals surface area (Å²) in [5, 5.41) is 2.27. The Labute approximate surface area is 210 Å². The van der Waals surface area contributed by atoms with E-state index in [9.17, 15) is 14.4 Å². The summed E-state index contributed by atoms with van der Waals surface area (Å²) in [6, 6.07) is 15.7. The van der Waals surface area contributed by atoms with E-state index in [1.54, 1.807) is 37.4 Å². The summed E-state index contributed by atoms with van der Waals surface area (Å²) in [6.07, 6.45) is 1.44. The average molecular weight is 485 g/mol. The summed E-state index contributed by atoms with van der Waals surface area (Å²) in [5.41, 5.74) is 6.01. The Morgan fingerprint density at radius 2 is 1.53 bits per heavy atom. The molecule has 0 unspecified atom stereocenters. The van der Waals surface area contributed by atoms with E-state index in [4.69, 9.17) is 9.47 Å². The van der Waals surface area contributed by atoms with E-state index in [0.29, 0.717) is 22.7 Å². The third-order valence-electron chi connectivity index (χ3n) is 6.34. The van der Waals surface area contributed by atoms with Crippen molar-refractivity contribution in [2.24, 2.45) is 0 Å². The fourth-order valence-electron chi connectivity index (χ4n) is 3.85. The molecule has 7 nitrogen and oxygen atoms in total. The molecule has 184 valence electrons. The van der Waals surface area contributed by atoms with Crippen LogP contribution in [-0.4, -0.2) is 25.0 Å². The maximum atomic E-state index is 13.3. The van der Waals surface area contributed by atoms with E-state index in [1.165, 1.54) is 11.6 Å². The maximum absolute atomic E-state index is 13.3. The molecule has 1 N–H and O–H groups in total. The number of ether oxygens (including phenoxy) is 2. The number of barbiturate groups is 1. The Bertz CT molecular complexity index is 1410. The number of methoxy groups -OCH3 is 1. The number of carbonyl (C=O) groups excluding carboxylic acids is 3. The van der Waals surface area contributed by atoms with Crippen LogP contribution in [0.4, 0.5) is 10.5 Å². The van der Waals surface area contributed by atoms with Gasteiger partial charge >= 0.3 is 6.03 Å². The van der Waals surface area contributed by atoms with Gasteiger partial charge in [0.25, 0.3) is 11.8 Å². The Kier molecular flexibility index (Phi) is 6.92. The molecule has 4 amide bonds. The molecule has 0 aliphatic carbocycles. The van der Waals surface area contributed by atoms with Gasteiger partial charge in [0.05, 0.1) is 12.8 Å². The molecule has 1 saturated heterocycles. The van der Waals surface area contributed by atoms with E-state index in [0.717, 1.165) is 27.2 Å². The number of urea groups is 1. The number of nitrogens with zero attached hydrogens (tertiary/aromatic N) is 1. The van der Waals surface area contributed by atoms with Crippen molar-refractivity contribution in [3.63, 3.8) is 0 Å². The molecular weight excluding hydrogens is 456 g/mol. The SMILES string of the molecule is COc1ccc(/C=C2\C(=O)NC(=O)N(c3ccc(C)c(C)c3)C2=O)c(OCc2ccc(C)c(C)c2)c1. The summed E-state index contributed by atoms with van der Waals surface area (Å²) in [5.74, 6) is -0.460. The van der Waals surface area contributed by atoms with Crippen LogP contribution in [0.15, 0.2) is 60.2 Å². The fourth-order valence-corrected chi connectivity index (χ4v) is 3.85. The number of imide groups is 2. The van der Waals surface area contributed by atoms with Gasteiger partial charge in [-0.1, -0.05) is 24.3 Å². The van der Waals surface area contributed by atoms with Gasteiger partial charge < -0.3 is 9.47 Å². The number of hydrogen-bond acceptors (Lipinski definition) is 5. The molecule has 0 atom stereocenters. The number of amides is 4. The van der Waals surface area contributed by atoms with Gasteiger partial charge in [-0.15, -0.1) is 0 Å². The van der Waals surface area contributed by atoms with Crippen molar-refractivity contribution in [2.45, 2.75) is 34.3 Å². The third-order valence-corrected chi connectivity index (χ3v) is 6.34. The summed E-state index contributed by atoms with van der Waals surface area (Å²) in [6.45, 7) is 8.21. The predicted molar refractivity (Wildman–Crippen MR) is 138 cm³/mol. The van der Waals surface area contributed by atoms with E-state index in [2.05, 4.69) is 11.4 Å². The summed E-state index contributed by atoms with van der Waals surface area (Å²) in [4.78, 5) is 39.6. The molecular formula is C29H28N2O5. The van der Waals surface area contributed by atoms with Crippen LogP contribution in [0.25, 0.3) is 6.08 Å². The van der Waals surface area contributed by atoms with Crippen molar-refractivity contribution in [1.82, 2.24) is 5.32 Å². The zero-order valence-electron chi connectivity index (χ0n) is 21.0. The molecule has 7 heteroatoms. The van der Waals surface area contributed by atoms with Crippen LogP contribution in [0.1, 0.15) is 33.4 Å². The van der Waals surface area contributed by atoms with Crippen molar-refractivity contribution in [3.8, 4) is 11.5 Å². The number of anilines is 1. The lowest BCUT2D eigenvalue weighted by Crippen LogP contribution is -2.54. The van der Waals surface area contributed by atoms with Crippen molar-refractivity contribution in [2.75, 3.05) is 12.0 Å². The summed E-state index contributed by atoms with van der Waals surface area (Å²) in [7, 11) is 1.55. The maximum Gasteiger partial charge on any atom is 0.335 e. The number of aryl methyl sites for hydroxylation is 4. The molecule has 0 aromatic heterocycles. The minimum Gasteiger partial charge on any atom is -0.497 e. The molecule has 36 heavy (non-hydrogen) atoms. The molecule has 3 aromatic carbocycles. The summed E-state index contributed by atoms with van der Waals surface area (Å²) < 4.78 is 11.4. The minimum atomic E-state index is -0.786. The van der Waals surface area contributed by atoms with Gasteiger partial charge in [0.1, 0.15) is 23.7 Å². The number of carbonyl (C=O) groups is 3. The van der Waals surface area contributed by atoms with Gasteiger partial charge in [-0.2, -0.15) is 0 Å². The molecule has 1 aliphatic rings. The topological polar surface area (TPSA) is 84.9 Å². The standard InChI is InChI=1S/C29H28N2O5/c1-17-6-8-21(12-19(17)3)16-36-26-15-24(35-5)11-9-22(26)14-25-27(32)30-29(34)31(28(25)33)23-10-7-18(2)20(4)13-23/h6-15H,16H2,1-5H3,(H,30,32,34)/b25-14+. The highest BCUT2D eigenvalue weighted by Gasteiger charge is 2.37. The minimum absolute atomic E-state index is 0.172. The highest BCUT2D eigenvalue weighted by atomic mass is 16.5. The van der Waals surface area contributed by atoms with Gasteiger partial charge in [0.15, 0.2) is 0 Å². The lowest BCUT2D eigenvalue weighted by atomic mass is 10.0. The lowest BCUT2D eigenvalue weighted by molar-refractivity contribution is -0.122. The van der Waals surface area contributed by atoms with Gasteiger partial charge in [-0.05, 0) is 85.9 Å². The van der Waals surface area contributed by atoms with Crippen LogP contribution in [0.5, 0.6) is 11.5 Å². The number of benzene rings is 3. The second-order valence-corrected chi connectivity index (χ2v) is 8.84. The molecule has 0 radical (unpaired) electrons. The Hall–Kier alpha value is -4.39. The average Bonchev–Trinajstić information content (AvgIpc) is 2.85. The van der Waals surface area contributed by atoms with Crippen molar-refractivity contribution < 1.29 is 23.9 Å². The molecule has 0 spiro atoms. The second kappa shape index (κ2) is 10.1. The Morgan fingerprint density at radius 3 is 2.19 bits per heavy atom. The number of rotatable bonds is 6. The Morgan fingerprint density at radius 1 is 0.833 bits per heavy atom. The van der Waals surface area contributed by atoms with Crippen molar-refractivity contribution in [3.05, 3.63) is 93.6 Å². The van der Waals surface area contributed by atoms with Gasteiger partial charge in [-0.3, -0.25) is 14.9 Å². The predicted octanol–water partition coefficient (Wildman–Crippen LogP) is 5.17. The van der Waals surface area contributed by atoms with E-state index in [1.807, 2.05) is 45.9 Å². The first-order valence-corrected chi connectivity index (χ1v) is 11.5. The first-order valence-electron chi connectivity index (χ1n) is 11.5. The van der Waals surface area contributed by atoms with Crippen LogP contribution in [0.2, 0.25) is 0 Å². The van der Waals surface area contributed by atoms with Crippen LogP contribution in [0.3, 0.4) is 0 Å². The van der Waals surface area contributed by atoms with Crippen molar-refractivity contribution >= 4 is 29.6 Å². The lowest BCUT2D eigenvalue weighted by Gasteiger charge is -2.27. The van der Waals surface area contributed by atoms with Gasteiger partial charge in [-0.25, -0.2) is 9.69 Å². The molecule has 0 bridgehead atoms. The first-order chi connectivity index (χ1) is 17.2. The van der Waals surface area contributed by atoms with E-state index < -0.39 is 17.8 Å². The van der Waals surface area contributed by atoms with Crippen LogP contribution in [-0.2, 0) is 16.2 Å². The monoisotopic (exact) mass is 484 g/mol. The largest absolute Gasteiger partial charge is 0.497 e. The molecule has 1 fully saturated rings. The molecule has 1 heterocycles. The molecule has 3 aromatic rings. The number of nitrogens with one attached hydrogen (secondary N) is 1. The van der Waals surface area contributed by atoms with E-state index in [-0.39, 0.29) is 12.2 Å². The zero-order valence-corrected chi connectivity index (χ0v) is 21.0. The number of hydrogen-bond donors (Lipinski definition) is 1. The first kappa shape index (κ1) is 24.7. The molecule has 1 aliphatic heterocycles. The molecule has 0 saturated carbocycles. The highest BCUT2D eigenvalue weighted by Crippen LogP contribution is 2.30. The van der Waals surface area contributed by atoms with Crippen molar-refractivity contribution in [1.29, 1.82) is 0 Å². The Balaban J connectivity index is 1.69. The smallest absolute Gasteiger partial charge is 0.335 e. The molecule has 4 rings (SSSR count). The second-order valence-electron chi connectivity index (χ2n) is 8.84. The third kappa shape index (κ3) is 5.00. The normalized spacial score (nSPS) is 14.8. The van der Waals surface area contributed by atoms with Crippen LogP contribution < -0.4 is 19.7 Å².